The Balaban J connectivity index is 1.67. The number of nitrogens with zero attached hydrogens (tertiary/aromatic N) is 4. The van der Waals surface area contributed by atoms with Crippen molar-refractivity contribution in [2.24, 2.45) is 0 Å². The first-order chi connectivity index (χ1) is 10.1. The number of hydrogen-bond acceptors (Lipinski definition) is 5. The second-order valence-corrected chi connectivity index (χ2v) is 5.73. The van der Waals surface area contributed by atoms with Gasteiger partial charge in [-0.3, -0.25) is 0 Å². The lowest BCUT2D eigenvalue weighted by molar-refractivity contribution is 0.0903. The number of carbonyl (C=O) groups is 1. The molecule has 2 amide bonds. The van der Waals surface area contributed by atoms with Gasteiger partial charge in [-0.15, -0.1) is 0 Å². The first-order valence-electron chi connectivity index (χ1n) is 7.29. The van der Waals surface area contributed by atoms with Crippen LogP contribution in [0.3, 0.4) is 0 Å². The maximum Gasteiger partial charge on any atom is 0.320 e. The number of hydrogen-bond donors (Lipinski definition) is 1. The first kappa shape index (κ1) is 14.1. The summed E-state index contributed by atoms with van der Waals surface area (Å²) in [6, 6.07) is 0.379. The van der Waals surface area contributed by atoms with Gasteiger partial charge in [-0.25, -0.2) is 14.8 Å². The number of amides is 2. The minimum absolute atomic E-state index is 0.00642. The summed E-state index contributed by atoms with van der Waals surface area (Å²) in [5.74, 6) is 0.653. The van der Waals surface area contributed by atoms with E-state index >= 15 is 0 Å². The Morgan fingerprint density at radius 2 is 2.14 bits per heavy atom. The molecular weight excluding hydrogens is 270 g/mol. The number of urea groups is 1. The van der Waals surface area contributed by atoms with Gasteiger partial charge in [0.05, 0.1) is 18.8 Å². The fourth-order valence-electron chi connectivity index (χ4n) is 2.67. The Kier molecular flexibility index (Phi) is 3.92. The van der Waals surface area contributed by atoms with Crippen molar-refractivity contribution in [3.8, 4) is 0 Å². The molecule has 1 fully saturated rings. The highest BCUT2D eigenvalue weighted by molar-refractivity contribution is 5.74. The molecule has 0 atom stereocenters. The number of rotatable bonds is 2. The van der Waals surface area contributed by atoms with E-state index in [0.717, 1.165) is 37.3 Å². The van der Waals surface area contributed by atoms with Crippen molar-refractivity contribution in [3.05, 3.63) is 17.5 Å². The van der Waals surface area contributed by atoms with Crippen LogP contribution in [0.4, 0.5) is 10.7 Å². The normalized spacial score (nSPS) is 18.5. The highest BCUT2D eigenvalue weighted by atomic mass is 16.5. The molecule has 2 aliphatic rings. The van der Waals surface area contributed by atoms with Gasteiger partial charge in [0.2, 0.25) is 5.95 Å². The van der Waals surface area contributed by atoms with Crippen LogP contribution in [0.1, 0.15) is 24.1 Å². The summed E-state index contributed by atoms with van der Waals surface area (Å²) >= 11 is 0. The van der Waals surface area contributed by atoms with Crippen LogP contribution >= 0.6 is 0 Å². The lowest BCUT2D eigenvalue weighted by Crippen LogP contribution is -2.35. The lowest BCUT2D eigenvalue weighted by Gasteiger charge is -2.23. The Labute approximate surface area is 124 Å². The summed E-state index contributed by atoms with van der Waals surface area (Å²) in [5, 5.41) is 3.36. The van der Waals surface area contributed by atoms with Gasteiger partial charge in [0.25, 0.3) is 0 Å². The van der Waals surface area contributed by atoms with Gasteiger partial charge in [-0.2, -0.15) is 0 Å². The van der Waals surface area contributed by atoms with Gasteiger partial charge in [0.15, 0.2) is 0 Å². The molecule has 7 nitrogen and oxygen atoms in total. The number of aromatic nitrogens is 2. The number of fused-ring (bicyclic) bond motifs is 1. The minimum atomic E-state index is 0.00642. The van der Waals surface area contributed by atoms with E-state index in [9.17, 15) is 4.79 Å². The van der Waals surface area contributed by atoms with E-state index in [-0.39, 0.29) is 6.03 Å². The molecule has 0 aliphatic carbocycles. The van der Waals surface area contributed by atoms with Crippen LogP contribution in [0.25, 0.3) is 0 Å². The van der Waals surface area contributed by atoms with Crippen LogP contribution in [0, 0.1) is 0 Å². The zero-order valence-corrected chi connectivity index (χ0v) is 12.5. The lowest BCUT2D eigenvalue weighted by atomic mass is 10.1. The zero-order chi connectivity index (χ0) is 14.8. The molecule has 21 heavy (non-hydrogen) atoms. The molecule has 0 bridgehead atoms. The van der Waals surface area contributed by atoms with Crippen LogP contribution in [0.5, 0.6) is 0 Å². The highest BCUT2D eigenvalue weighted by Crippen LogP contribution is 2.22. The van der Waals surface area contributed by atoms with Crippen molar-refractivity contribution in [1.29, 1.82) is 0 Å². The molecule has 1 saturated heterocycles. The van der Waals surface area contributed by atoms with Crippen molar-refractivity contribution in [2.75, 3.05) is 32.6 Å². The predicted octanol–water partition coefficient (Wildman–Crippen LogP) is 1.06. The summed E-state index contributed by atoms with van der Waals surface area (Å²) in [6.45, 7) is 2.71. The van der Waals surface area contributed by atoms with E-state index in [1.807, 2.05) is 6.20 Å². The standard InChI is InChI=1S/C14H21N5O2/c1-18(2)14(20)19-8-10-7-15-13(17-12(10)9-19)16-11-3-5-21-6-4-11/h7,11H,3-6,8-9H2,1-2H3,(H,15,16,17). The minimum Gasteiger partial charge on any atom is -0.381 e. The van der Waals surface area contributed by atoms with E-state index in [4.69, 9.17) is 4.74 Å². The van der Waals surface area contributed by atoms with Crippen LogP contribution in [-0.4, -0.2) is 59.1 Å². The highest BCUT2D eigenvalue weighted by Gasteiger charge is 2.26. The maximum atomic E-state index is 12.0. The molecule has 7 heteroatoms. The number of ether oxygens (including phenoxy) is 1. The molecule has 0 unspecified atom stereocenters. The predicted molar refractivity (Wildman–Crippen MR) is 77.8 cm³/mol. The summed E-state index contributed by atoms with van der Waals surface area (Å²) in [6.07, 6.45) is 3.78. The molecule has 0 spiro atoms. The molecule has 0 radical (unpaired) electrons. The van der Waals surface area contributed by atoms with Gasteiger partial charge in [0, 0.05) is 45.1 Å². The van der Waals surface area contributed by atoms with Crippen LogP contribution in [-0.2, 0) is 17.8 Å². The second-order valence-electron chi connectivity index (χ2n) is 5.73. The summed E-state index contributed by atoms with van der Waals surface area (Å²) in [7, 11) is 3.52. The third-order valence-electron chi connectivity index (χ3n) is 3.86. The zero-order valence-electron chi connectivity index (χ0n) is 12.5. The molecule has 3 rings (SSSR count). The van der Waals surface area contributed by atoms with E-state index in [1.54, 1.807) is 23.9 Å². The molecular formula is C14H21N5O2. The fraction of sp³-hybridized carbons (Fsp3) is 0.643. The SMILES string of the molecule is CN(C)C(=O)N1Cc2cnc(NC3CCOCC3)nc2C1. The topological polar surface area (TPSA) is 70.6 Å². The fourth-order valence-corrected chi connectivity index (χ4v) is 2.67. The summed E-state index contributed by atoms with van der Waals surface area (Å²) in [4.78, 5) is 24.3. The van der Waals surface area contributed by atoms with Gasteiger partial charge in [-0.05, 0) is 12.8 Å². The monoisotopic (exact) mass is 291 g/mol. The van der Waals surface area contributed by atoms with Crippen molar-refractivity contribution < 1.29 is 9.53 Å². The molecule has 1 N–H and O–H groups in total. The van der Waals surface area contributed by atoms with E-state index in [1.165, 1.54) is 0 Å². The average Bonchev–Trinajstić information content (AvgIpc) is 2.90. The first-order valence-corrected chi connectivity index (χ1v) is 7.29. The van der Waals surface area contributed by atoms with Gasteiger partial charge in [-0.1, -0.05) is 0 Å². The second kappa shape index (κ2) is 5.85. The Bertz CT molecular complexity index is 528. The van der Waals surface area contributed by atoms with Crippen molar-refractivity contribution >= 4 is 12.0 Å². The van der Waals surface area contributed by atoms with E-state index in [0.29, 0.717) is 25.1 Å². The molecule has 2 aliphatic heterocycles. The maximum absolute atomic E-state index is 12.0. The Hall–Kier alpha value is -1.89. The third kappa shape index (κ3) is 3.07. The largest absolute Gasteiger partial charge is 0.381 e. The van der Waals surface area contributed by atoms with Crippen LogP contribution in [0.15, 0.2) is 6.20 Å². The number of anilines is 1. The average molecular weight is 291 g/mol. The van der Waals surface area contributed by atoms with Gasteiger partial charge >= 0.3 is 6.03 Å². The van der Waals surface area contributed by atoms with Gasteiger partial charge < -0.3 is 19.9 Å². The Morgan fingerprint density at radius 3 is 2.86 bits per heavy atom. The van der Waals surface area contributed by atoms with Crippen molar-refractivity contribution in [1.82, 2.24) is 19.8 Å². The molecule has 0 saturated carbocycles. The smallest absolute Gasteiger partial charge is 0.320 e. The van der Waals surface area contributed by atoms with Gasteiger partial charge in [0.1, 0.15) is 0 Å². The summed E-state index contributed by atoms with van der Waals surface area (Å²) < 4.78 is 5.34. The van der Waals surface area contributed by atoms with Crippen LogP contribution < -0.4 is 5.32 Å². The molecule has 1 aromatic rings. The molecule has 1 aromatic heterocycles. The van der Waals surface area contributed by atoms with Crippen molar-refractivity contribution in [3.63, 3.8) is 0 Å². The molecule has 3 heterocycles. The number of carbonyl (C=O) groups excluding carboxylic acids is 1. The third-order valence-corrected chi connectivity index (χ3v) is 3.86. The number of nitrogens with one attached hydrogen (secondary N) is 1. The van der Waals surface area contributed by atoms with E-state index in [2.05, 4.69) is 15.3 Å². The summed E-state index contributed by atoms with van der Waals surface area (Å²) in [5.41, 5.74) is 1.97. The van der Waals surface area contributed by atoms with Crippen LogP contribution in [0.2, 0.25) is 0 Å². The van der Waals surface area contributed by atoms with E-state index < -0.39 is 0 Å². The van der Waals surface area contributed by atoms with Crippen molar-refractivity contribution in [2.45, 2.75) is 32.0 Å². The quantitative estimate of drug-likeness (QED) is 0.882. The molecule has 114 valence electrons. The molecule has 0 aromatic carbocycles. The Morgan fingerprint density at radius 1 is 1.38 bits per heavy atom.